The van der Waals surface area contributed by atoms with Crippen molar-refractivity contribution in [2.45, 2.75) is 38.1 Å². The standard InChI is InChI=1S/C16H24BrN3.2ClH/c17-16-14(7-4-8-19-16)15(13-5-2-1-3-6-13)20-11-9-18-10-12-20;;/h4,7-8,13,15,18H,1-3,5-6,9-12H2;2*1H/t15-;;/m1../s1. The summed E-state index contributed by atoms with van der Waals surface area (Å²) in [5.41, 5.74) is 1.39. The second kappa shape index (κ2) is 10.1. The molecule has 2 aliphatic rings. The highest BCUT2D eigenvalue weighted by atomic mass is 79.9. The molecule has 3 rings (SSSR count). The fourth-order valence-electron chi connectivity index (χ4n) is 3.78. The van der Waals surface area contributed by atoms with Crippen LogP contribution in [-0.4, -0.2) is 36.1 Å². The van der Waals surface area contributed by atoms with Crippen LogP contribution in [0.25, 0.3) is 0 Å². The van der Waals surface area contributed by atoms with Crippen molar-refractivity contribution in [3.05, 3.63) is 28.5 Å². The maximum absolute atomic E-state index is 4.46. The first-order valence-corrected chi connectivity index (χ1v) is 8.71. The Labute approximate surface area is 154 Å². The summed E-state index contributed by atoms with van der Waals surface area (Å²) >= 11 is 3.68. The van der Waals surface area contributed by atoms with Gasteiger partial charge in [-0.05, 0) is 40.8 Å². The molecule has 0 unspecified atom stereocenters. The predicted molar refractivity (Wildman–Crippen MR) is 100 cm³/mol. The molecule has 0 spiro atoms. The van der Waals surface area contributed by atoms with Crippen LogP contribution < -0.4 is 5.32 Å². The molecule has 1 N–H and O–H groups in total. The van der Waals surface area contributed by atoms with Gasteiger partial charge >= 0.3 is 0 Å². The van der Waals surface area contributed by atoms with E-state index in [0.717, 1.165) is 36.7 Å². The molecule has 3 nitrogen and oxygen atoms in total. The number of halogens is 3. The summed E-state index contributed by atoms with van der Waals surface area (Å²) in [5, 5.41) is 3.47. The van der Waals surface area contributed by atoms with E-state index in [1.807, 2.05) is 6.20 Å². The molecule has 22 heavy (non-hydrogen) atoms. The van der Waals surface area contributed by atoms with Crippen LogP contribution in [0.4, 0.5) is 0 Å². The first kappa shape index (κ1) is 20.2. The fraction of sp³-hybridized carbons (Fsp3) is 0.688. The molecule has 1 aromatic rings. The second-order valence-electron chi connectivity index (χ2n) is 6.01. The highest BCUT2D eigenvalue weighted by Crippen LogP contribution is 2.40. The number of hydrogen-bond acceptors (Lipinski definition) is 3. The molecule has 0 aromatic carbocycles. The number of hydrogen-bond donors (Lipinski definition) is 1. The Kier molecular flexibility index (Phi) is 9.25. The Bertz CT molecular complexity index is 417. The van der Waals surface area contributed by atoms with Gasteiger partial charge in [0.2, 0.25) is 0 Å². The summed E-state index contributed by atoms with van der Waals surface area (Å²) in [7, 11) is 0. The SMILES string of the molecule is Brc1ncccc1[C@@H](C1CCCCC1)N1CCNCC1.Cl.Cl. The first-order valence-electron chi connectivity index (χ1n) is 7.91. The molecule has 1 saturated carbocycles. The minimum atomic E-state index is 0. The Morgan fingerprint density at radius 1 is 1.14 bits per heavy atom. The van der Waals surface area contributed by atoms with Gasteiger partial charge in [-0.1, -0.05) is 25.3 Å². The molecule has 1 aliphatic heterocycles. The van der Waals surface area contributed by atoms with Gasteiger partial charge in [-0.2, -0.15) is 0 Å². The van der Waals surface area contributed by atoms with Crippen molar-refractivity contribution >= 4 is 40.7 Å². The van der Waals surface area contributed by atoms with E-state index >= 15 is 0 Å². The molecule has 2 fully saturated rings. The molecule has 0 amide bonds. The monoisotopic (exact) mass is 409 g/mol. The van der Waals surface area contributed by atoms with E-state index in [-0.39, 0.29) is 24.8 Å². The van der Waals surface area contributed by atoms with E-state index < -0.39 is 0 Å². The van der Waals surface area contributed by atoms with Crippen LogP contribution in [0.2, 0.25) is 0 Å². The zero-order valence-corrected chi connectivity index (χ0v) is 16.1. The van der Waals surface area contributed by atoms with Crippen LogP contribution in [0.15, 0.2) is 22.9 Å². The fourth-order valence-corrected chi connectivity index (χ4v) is 4.26. The van der Waals surface area contributed by atoms with Crippen molar-refractivity contribution in [1.29, 1.82) is 0 Å². The Balaban J connectivity index is 0.00000121. The van der Waals surface area contributed by atoms with Crippen molar-refractivity contribution in [1.82, 2.24) is 15.2 Å². The lowest BCUT2D eigenvalue weighted by Gasteiger charge is -2.41. The minimum Gasteiger partial charge on any atom is -0.314 e. The topological polar surface area (TPSA) is 28.2 Å². The van der Waals surface area contributed by atoms with E-state index in [0.29, 0.717) is 6.04 Å². The third-order valence-corrected chi connectivity index (χ3v) is 5.41. The molecule has 1 aliphatic carbocycles. The molecule has 2 heterocycles. The average Bonchev–Trinajstić information content (AvgIpc) is 2.52. The van der Waals surface area contributed by atoms with Crippen LogP contribution in [0.3, 0.4) is 0 Å². The van der Waals surface area contributed by atoms with Crippen molar-refractivity contribution in [2.75, 3.05) is 26.2 Å². The summed E-state index contributed by atoms with van der Waals surface area (Å²) in [6.45, 7) is 4.53. The summed E-state index contributed by atoms with van der Waals surface area (Å²) in [5.74, 6) is 0.794. The van der Waals surface area contributed by atoms with Gasteiger partial charge in [-0.25, -0.2) is 4.98 Å². The molecule has 1 saturated heterocycles. The minimum absolute atomic E-state index is 0. The molecule has 1 atom stereocenters. The van der Waals surface area contributed by atoms with Gasteiger partial charge in [-0.3, -0.25) is 4.90 Å². The van der Waals surface area contributed by atoms with Gasteiger partial charge in [0.1, 0.15) is 4.60 Å². The van der Waals surface area contributed by atoms with Gasteiger partial charge in [0.25, 0.3) is 0 Å². The Morgan fingerprint density at radius 2 is 1.82 bits per heavy atom. The third-order valence-electron chi connectivity index (χ3n) is 4.75. The quantitative estimate of drug-likeness (QED) is 0.756. The van der Waals surface area contributed by atoms with Crippen LogP contribution in [0.1, 0.15) is 43.7 Å². The molecular formula is C16H26BrCl2N3. The van der Waals surface area contributed by atoms with Gasteiger partial charge in [0, 0.05) is 44.0 Å². The van der Waals surface area contributed by atoms with Gasteiger partial charge in [0.05, 0.1) is 0 Å². The number of rotatable bonds is 3. The number of piperazine rings is 1. The largest absolute Gasteiger partial charge is 0.314 e. The lowest BCUT2D eigenvalue weighted by atomic mass is 9.80. The highest BCUT2D eigenvalue weighted by Gasteiger charge is 2.32. The van der Waals surface area contributed by atoms with Crippen LogP contribution >= 0.6 is 40.7 Å². The van der Waals surface area contributed by atoms with Gasteiger partial charge in [-0.15, -0.1) is 24.8 Å². The van der Waals surface area contributed by atoms with Crippen molar-refractivity contribution in [3.63, 3.8) is 0 Å². The van der Waals surface area contributed by atoms with E-state index in [1.54, 1.807) is 0 Å². The second-order valence-corrected chi connectivity index (χ2v) is 6.76. The van der Waals surface area contributed by atoms with Crippen molar-refractivity contribution < 1.29 is 0 Å². The zero-order chi connectivity index (χ0) is 13.8. The lowest BCUT2D eigenvalue weighted by Crippen LogP contribution is -2.47. The number of nitrogens with one attached hydrogen (secondary N) is 1. The molecule has 1 aromatic heterocycles. The summed E-state index contributed by atoms with van der Waals surface area (Å²) in [6, 6.07) is 4.89. The molecular weight excluding hydrogens is 385 g/mol. The number of pyridine rings is 1. The maximum atomic E-state index is 4.46. The van der Waals surface area contributed by atoms with E-state index in [4.69, 9.17) is 0 Å². The zero-order valence-electron chi connectivity index (χ0n) is 12.8. The van der Waals surface area contributed by atoms with E-state index in [2.05, 4.69) is 43.3 Å². The first-order chi connectivity index (χ1) is 9.86. The van der Waals surface area contributed by atoms with Gasteiger partial charge in [0.15, 0.2) is 0 Å². The lowest BCUT2D eigenvalue weighted by molar-refractivity contribution is 0.102. The predicted octanol–water partition coefficient (Wildman–Crippen LogP) is 4.21. The third kappa shape index (κ3) is 4.81. The van der Waals surface area contributed by atoms with E-state index in [1.165, 1.54) is 37.7 Å². The maximum Gasteiger partial charge on any atom is 0.110 e. The Morgan fingerprint density at radius 3 is 2.45 bits per heavy atom. The highest BCUT2D eigenvalue weighted by molar-refractivity contribution is 9.10. The van der Waals surface area contributed by atoms with Gasteiger partial charge < -0.3 is 5.32 Å². The van der Waals surface area contributed by atoms with Crippen molar-refractivity contribution in [2.24, 2.45) is 5.92 Å². The molecule has 0 bridgehead atoms. The van der Waals surface area contributed by atoms with E-state index in [9.17, 15) is 0 Å². The molecule has 6 heteroatoms. The normalized spacial score (nSPS) is 21.5. The summed E-state index contributed by atoms with van der Waals surface area (Å²) in [4.78, 5) is 7.14. The number of aromatic nitrogens is 1. The van der Waals surface area contributed by atoms with Crippen LogP contribution in [0, 0.1) is 5.92 Å². The Hall–Kier alpha value is 0.130. The smallest absolute Gasteiger partial charge is 0.110 e. The summed E-state index contributed by atoms with van der Waals surface area (Å²) < 4.78 is 1.04. The molecule has 126 valence electrons. The van der Waals surface area contributed by atoms with Crippen LogP contribution in [-0.2, 0) is 0 Å². The van der Waals surface area contributed by atoms with Crippen LogP contribution in [0.5, 0.6) is 0 Å². The summed E-state index contributed by atoms with van der Waals surface area (Å²) in [6.07, 6.45) is 8.82. The number of nitrogens with zero attached hydrogens (tertiary/aromatic N) is 2. The van der Waals surface area contributed by atoms with Crippen molar-refractivity contribution in [3.8, 4) is 0 Å². The molecule has 0 radical (unpaired) electrons. The average molecular weight is 411 g/mol.